The number of ether oxygens (including phenoxy) is 1. The van der Waals surface area contributed by atoms with Gasteiger partial charge < -0.3 is 4.74 Å². The third-order valence-corrected chi connectivity index (χ3v) is 3.83. The van der Waals surface area contributed by atoms with Crippen LogP contribution in [0.1, 0.15) is 0 Å². The Hall–Kier alpha value is -2.80. The average Bonchev–Trinajstić information content (AvgIpc) is 3.03. The van der Waals surface area contributed by atoms with Crippen LogP contribution in [0.4, 0.5) is 13.9 Å². The van der Waals surface area contributed by atoms with Gasteiger partial charge in [-0.25, -0.2) is 13.8 Å². The molecule has 122 valence electrons. The minimum Gasteiger partial charge on any atom is -0.481 e. The summed E-state index contributed by atoms with van der Waals surface area (Å²) in [4.78, 5) is 16.2. The van der Waals surface area contributed by atoms with Gasteiger partial charge in [0.15, 0.2) is 23.3 Å². The summed E-state index contributed by atoms with van der Waals surface area (Å²) in [6.45, 7) is -0.400. The number of anilines is 1. The van der Waals surface area contributed by atoms with E-state index in [-0.39, 0.29) is 5.75 Å². The zero-order chi connectivity index (χ0) is 16.9. The third-order valence-electron chi connectivity index (χ3n) is 3.07. The Morgan fingerprint density at radius 1 is 1.17 bits per heavy atom. The fraction of sp³-hybridized carbons (Fsp3) is 0.0588. The van der Waals surface area contributed by atoms with Crippen LogP contribution in [-0.4, -0.2) is 17.5 Å². The molecule has 0 unspecified atom stereocenters. The Balaban J connectivity index is 1.58. The summed E-state index contributed by atoms with van der Waals surface area (Å²) >= 11 is 1.28. The molecule has 3 rings (SSSR count). The van der Waals surface area contributed by atoms with Crippen molar-refractivity contribution in [3.63, 3.8) is 0 Å². The zero-order valence-corrected chi connectivity index (χ0v) is 13.1. The van der Waals surface area contributed by atoms with Gasteiger partial charge in [0.1, 0.15) is 5.82 Å². The molecule has 2 aromatic carbocycles. The lowest BCUT2D eigenvalue weighted by Crippen LogP contribution is -2.20. The van der Waals surface area contributed by atoms with Gasteiger partial charge in [-0.3, -0.25) is 10.1 Å². The predicted molar refractivity (Wildman–Crippen MR) is 88.0 cm³/mol. The fourth-order valence-electron chi connectivity index (χ4n) is 1.96. The predicted octanol–water partition coefficient (Wildman–Crippen LogP) is 4.11. The number of hydrogen-bond donors (Lipinski definition) is 1. The van der Waals surface area contributed by atoms with Crippen molar-refractivity contribution in [2.24, 2.45) is 0 Å². The Bertz CT molecular complexity index is 853. The second-order valence-electron chi connectivity index (χ2n) is 4.82. The first-order chi connectivity index (χ1) is 11.6. The summed E-state index contributed by atoms with van der Waals surface area (Å²) in [5, 5.41) is 4.82. The number of nitrogens with zero attached hydrogens (tertiary/aromatic N) is 1. The lowest BCUT2D eigenvalue weighted by molar-refractivity contribution is -0.118. The maximum Gasteiger partial charge on any atom is 0.264 e. The highest BCUT2D eigenvalue weighted by atomic mass is 32.1. The van der Waals surface area contributed by atoms with Gasteiger partial charge in [0.25, 0.3) is 5.91 Å². The number of nitrogens with one attached hydrogen (secondary N) is 1. The molecule has 7 heteroatoms. The standard InChI is InChI=1S/C17H12F2N2O2S/c18-12-6-7-15(13(19)8-12)23-9-16(22)21-17-20-14(10-24-17)11-4-2-1-3-5-11/h1-8,10H,9H2,(H,20,21,22). The van der Waals surface area contributed by atoms with E-state index in [1.165, 1.54) is 11.3 Å². The van der Waals surface area contributed by atoms with Crippen molar-refractivity contribution in [2.75, 3.05) is 11.9 Å². The maximum absolute atomic E-state index is 13.4. The largest absolute Gasteiger partial charge is 0.481 e. The van der Waals surface area contributed by atoms with Crippen LogP contribution in [0.3, 0.4) is 0 Å². The lowest BCUT2D eigenvalue weighted by atomic mass is 10.2. The number of rotatable bonds is 5. The van der Waals surface area contributed by atoms with Crippen LogP contribution >= 0.6 is 11.3 Å². The van der Waals surface area contributed by atoms with Crippen molar-refractivity contribution in [3.8, 4) is 17.0 Å². The minimum absolute atomic E-state index is 0.185. The summed E-state index contributed by atoms with van der Waals surface area (Å²) in [6, 6.07) is 12.4. The second kappa shape index (κ2) is 7.18. The first-order valence-corrected chi connectivity index (χ1v) is 7.88. The molecule has 1 amide bonds. The number of aromatic nitrogens is 1. The molecule has 0 bridgehead atoms. The Morgan fingerprint density at radius 2 is 1.96 bits per heavy atom. The van der Waals surface area contributed by atoms with Crippen LogP contribution in [0.25, 0.3) is 11.3 Å². The topological polar surface area (TPSA) is 51.2 Å². The van der Waals surface area contributed by atoms with E-state index < -0.39 is 24.1 Å². The van der Waals surface area contributed by atoms with Crippen LogP contribution in [0.2, 0.25) is 0 Å². The highest BCUT2D eigenvalue weighted by Gasteiger charge is 2.10. The summed E-state index contributed by atoms with van der Waals surface area (Å²) < 4.78 is 31.2. The number of amides is 1. The highest BCUT2D eigenvalue weighted by molar-refractivity contribution is 7.14. The second-order valence-corrected chi connectivity index (χ2v) is 5.67. The Kier molecular flexibility index (Phi) is 4.81. The molecule has 1 heterocycles. The van der Waals surface area contributed by atoms with Crippen LogP contribution in [-0.2, 0) is 4.79 Å². The SMILES string of the molecule is O=C(COc1ccc(F)cc1F)Nc1nc(-c2ccccc2)cs1. The number of halogens is 2. The van der Waals surface area contributed by atoms with Gasteiger partial charge in [0.2, 0.25) is 0 Å². The van der Waals surface area contributed by atoms with Crippen molar-refractivity contribution < 1.29 is 18.3 Å². The van der Waals surface area contributed by atoms with Crippen LogP contribution in [0.5, 0.6) is 5.75 Å². The van der Waals surface area contributed by atoms with Crippen LogP contribution in [0, 0.1) is 11.6 Å². The molecule has 0 aliphatic heterocycles. The van der Waals surface area contributed by atoms with E-state index in [2.05, 4.69) is 10.3 Å². The van der Waals surface area contributed by atoms with Crippen molar-refractivity contribution in [1.29, 1.82) is 0 Å². The number of carbonyl (C=O) groups excluding carboxylic acids is 1. The third kappa shape index (κ3) is 3.94. The molecule has 1 aromatic heterocycles. The van der Waals surface area contributed by atoms with Gasteiger partial charge in [0.05, 0.1) is 5.69 Å². The Morgan fingerprint density at radius 3 is 2.71 bits per heavy atom. The molecule has 0 aliphatic rings. The first kappa shape index (κ1) is 16.1. The van der Waals surface area contributed by atoms with E-state index in [4.69, 9.17) is 4.74 Å². The zero-order valence-electron chi connectivity index (χ0n) is 12.3. The summed E-state index contributed by atoms with van der Waals surface area (Å²) in [7, 11) is 0. The van der Waals surface area contributed by atoms with Crippen LogP contribution < -0.4 is 10.1 Å². The molecule has 0 spiro atoms. The van der Waals surface area contributed by atoms with Gasteiger partial charge >= 0.3 is 0 Å². The quantitative estimate of drug-likeness (QED) is 0.756. The minimum atomic E-state index is -0.858. The van der Waals surface area contributed by atoms with E-state index in [0.717, 1.165) is 23.4 Å². The molecule has 3 aromatic rings. The van der Waals surface area contributed by atoms with E-state index in [1.807, 2.05) is 35.7 Å². The highest BCUT2D eigenvalue weighted by Crippen LogP contribution is 2.24. The van der Waals surface area contributed by atoms with Gasteiger partial charge in [-0.05, 0) is 12.1 Å². The number of thiazole rings is 1. The molecule has 0 radical (unpaired) electrons. The normalized spacial score (nSPS) is 10.4. The van der Waals surface area contributed by atoms with Crippen LogP contribution in [0.15, 0.2) is 53.9 Å². The molecule has 0 saturated heterocycles. The summed E-state index contributed by atoms with van der Waals surface area (Å²) in [6.07, 6.45) is 0. The van der Waals surface area contributed by atoms with E-state index >= 15 is 0 Å². The molecule has 4 nitrogen and oxygen atoms in total. The van der Waals surface area contributed by atoms with E-state index in [0.29, 0.717) is 11.2 Å². The Labute approximate surface area is 140 Å². The fourth-order valence-corrected chi connectivity index (χ4v) is 2.70. The molecule has 1 N–H and O–H groups in total. The smallest absolute Gasteiger partial charge is 0.264 e. The number of hydrogen-bond acceptors (Lipinski definition) is 4. The van der Waals surface area contributed by atoms with Gasteiger partial charge in [-0.2, -0.15) is 0 Å². The van der Waals surface area contributed by atoms with Crippen molar-refractivity contribution in [3.05, 3.63) is 65.5 Å². The number of benzene rings is 2. The molecule has 24 heavy (non-hydrogen) atoms. The van der Waals surface area contributed by atoms with Crippen molar-refractivity contribution in [2.45, 2.75) is 0 Å². The molecule has 0 aliphatic carbocycles. The average molecular weight is 346 g/mol. The monoisotopic (exact) mass is 346 g/mol. The van der Waals surface area contributed by atoms with Crippen molar-refractivity contribution in [1.82, 2.24) is 4.98 Å². The van der Waals surface area contributed by atoms with Gasteiger partial charge in [-0.1, -0.05) is 30.3 Å². The van der Waals surface area contributed by atoms with Gasteiger partial charge in [0, 0.05) is 17.0 Å². The first-order valence-electron chi connectivity index (χ1n) is 7.00. The maximum atomic E-state index is 13.4. The summed E-state index contributed by atoms with van der Waals surface area (Å²) in [5.74, 6) is -2.23. The van der Waals surface area contributed by atoms with E-state index in [1.54, 1.807) is 0 Å². The number of carbonyl (C=O) groups is 1. The molecule has 0 fully saturated rings. The summed E-state index contributed by atoms with van der Waals surface area (Å²) in [5.41, 5.74) is 1.69. The molecular weight excluding hydrogens is 334 g/mol. The van der Waals surface area contributed by atoms with Crippen molar-refractivity contribution >= 4 is 22.4 Å². The molecular formula is C17H12F2N2O2S. The molecule has 0 saturated carbocycles. The van der Waals surface area contributed by atoms with Gasteiger partial charge in [-0.15, -0.1) is 11.3 Å². The lowest BCUT2D eigenvalue weighted by Gasteiger charge is -2.06. The van der Waals surface area contributed by atoms with E-state index in [9.17, 15) is 13.6 Å². The molecule has 0 atom stereocenters.